The molecule has 1 heterocycles. The lowest BCUT2D eigenvalue weighted by Crippen LogP contribution is -2.51. The van der Waals surface area contributed by atoms with E-state index in [0.717, 1.165) is 38.8 Å². The van der Waals surface area contributed by atoms with Crippen molar-refractivity contribution in [1.82, 2.24) is 10.2 Å². The van der Waals surface area contributed by atoms with Crippen molar-refractivity contribution in [2.75, 3.05) is 13.1 Å². The van der Waals surface area contributed by atoms with Gasteiger partial charge in [-0.2, -0.15) is 0 Å². The molecule has 0 aromatic carbocycles. The molecule has 0 radical (unpaired) electrons. The van der Waals surface area contributed by atoms with Gasteiger partial charge in [0.15, 0.2) is 0 Å². The van der Waals surface area contributed by atoms with Crippen LogP contribution in [0.25, 0.3) is 0 Å². The molecule has 0 bridgehead atoms. The van der Waals surface area contributed by atoms with Gasteiger partial charge in [0.25, 0.3) is 0 Å². The number of urea groups is 1. The van der Waals surface area contributed by atoms with Gasteiger partial charge in [-0.15, -0.1) is 0 Å². The van der Waals surface area contributed by atoms with Crippen molar-refractivity contribution >= 4 is 12.0 Å². The number of nitrogens with zero attached hydrogens (tertiary/aromatic N) is 1. The number of aliphatic carboxylic acids is 1. The van der Waals surface area contributed by atoms with Crippen LogP contribution in [0.4, 0.5) is 4.79 Å². The van der Waals surface area contributed by atoms with Crippen LogP contribution in [0.1, 0.15) is 64.7 Å². The van der Waals surface area contributed by atoms with E-state index in [4.69, 9.17) is 0 Å². The van der Waals surface area contributed by atoms with E-state index in [1.54, 1.807) is 4.90 Å². The number of nitrogens with one attached hydrogen (secondary N) is 1. The number of carboxylic acids is 1. The Labute approximate surface area is 127 Å². The summed E-state index contributed by atoms with van der Waals surface area (Å²) >= 11 is 0. The Morgan fingerprint density at radius 3 is 2.33 bits per heavy atom. The zero-order valence-electron chi connectivity index (χ0n) is 13.1. The second-order valence-electron chi connectivity index (χ2n) is 6.68. The predicted molar refractivity (Wildman–Crippen MR) is 81.2 cm³/mol. The normalized spacial score (nSPS) is 22.2. The Morgan fingerprint density at radius 1 is 1.19 bits per heavy atom. The molecule has 2 N–H and O–H groups in total. The largest absolute Gasteiger partial charge is 0.480 e. The van der Waals surface area contributed by atoms with Gasteiger partial charge in [0.2, 0.25) is 0 Å². The molecule has 0 aromatic rings. The number of hydrogen-bond acceptors (Lipinski definition) is 2. The average molecular weight is 296 g/mol. The quantitative estimate of drug-likeness (QED) is 0.819. The van der Waals surface area contributed by atoms with E-state index in [1.807, 2.05) is 6.92 Å². The highest BCUT2D eigenvalue weighted by molar-refractivity contribution is 5.82. The summed E-state index contributed by atoms with van der Waals surface area (Å²) in [4.78, 5) is 25.2. The molecule has 120 valence electrons. The zero-order chi connectivity index (χ0) is 15.3. The predicted octanol–water partition coefficient (Wildman–Crippen LogP) is 3.00. The van der Waals surface area contributed by atoms with E-state index in [9.17, 15) is 14.7 Å². The van der Waals surface area contributed by atoms with Gasteiger partial charge < -0.3 is 15.3 Å². The number of amides is 2. The lowest BCUT2D eigenvalue weighted by atomic mass is 9.77. The minimum Gasteiger partial charge on any atom is -0.480 e. The second-order valence-corrected chi connectivity index (χ2v) is 6.68. The molecular weight excluding hydrogens is 268 g/mol. The first-order valence-corrected chi connectivity index (χ1v) is 8.34. The molecule has 5 heteroatoms. The molecule has 1 saturated heterocycles. The van der Waals surface area contributed by atoms with Crippen molar-refractivity contribution < 1.29 is 14.7 Å². The Hall–Kier alpha value is -1.26. The van der Waals surface area contributed by atoms with Gasteiger partial charge >= 0.3 is 12.0 Å². The number of rotatable bonds is 5. The number of carbonyl (C=O) groups is 2. The van der Waals surface area contributed by atoms with Gasteiger partial charge in [0, 0.05) is 13.1 Å². The molecule has 2 amide bonds. The molecule has 1 spiro atoms. The summed E-state index contributed by atoms with van der Waals surface area (Å²) in [5.41, 5.74) is 0.477. The summed E-state index contributed by atoms with van der Waals surface area (Å²) in [6, 6.07) is -0.953. The summed E-state index contributed by atoms with van der Waals surface area (Å²) < 4.78 is 0. The Bertz CT molecular complexity index is 368. The Morgan fingerprint density at radius 2 is 1.81 bits per heavy atom. The van der Waals surface area contributed by atoms with Crippen LogP contribution >= 0.6 is 0 Å². The van der Waals surface area contributed by atoms with E-state index in [2.05, 4.69) is 5.32 Å². The SMILES string of the molecule is CCCC[C@H](NC(=O)N1CCC2(CCCC2)CC1)C(=O)O. The molecule has 1 aliphatic heterocycles. The lowest BCUT2D eigenvalue weighted by Gasteiger charge is -2.39. The lowest BCUT2D eigenvalue weighted by molar-refractivity contribution is -0.139. The molecule has 2 aliphatic rings. The smallest absolute Gasteiger partial charge is 0.326 e. The van der Waals surface area contributed by atoms with E-state index in [1.165, 1.54) is 25.7 Å². The number of carbonyl (C=O) groups excluding carboxylic acids is 1. The molecule has 2 rings (SSSR count). The number of hydrogen-bond donors (Lipinski definition) is 2. The number of piperidine rings is 1. The molecule has 1 atom stereocenters. The van der Waals surface area contributed by atoms with Crippen LogP contribution in [0.5, 0.6) is 0 Å². The summed E-state index contributed by atoms with van der Waals surface area (Å²) in [6.45, 7) is 3.56. The van der Waals surface area contributed by atoms with Crippen molar-refractivity contribution in [3.05, 3.63) is 0 Å². The number of carboxylic acid groups (broad SMARTS) is 1. The van der Waals surface area contributed by atoms with Crippen molar-refractivity contribution in [3.8, 4) is 0 Å². The zero-order valence-corrected chi connectivity index (χ0v) is 13.1. The van der Waals surface area contributed by atoms with Crippen LogP contribution in [-0.4, -0.2) is 41.1 Å². The maximum absolute atomic E-state index is 12.2. The Balaban J connectivity index is 1.81. The van der Waals surface area contributed by atoms with Gasteiger partial charge in [0.1, 0.15) is 6.04 Å². The number of likely N-dealkylation sites (tertiary alicyclic amines) is 1. The minimum absolute atomic E-state index is 0.202. The van der Waals surface area contributed by atoms with Crippen molar-refractivity contribution in [2.45, 2.75) is 70.8 Å². The van der Waals surface area contributed by atoms with E-state index in [-0.39, 0.29) is 6.03 Å². The van der Waals surface area contributed by atoms with Crippen molar-refractivity contribution in [3.63, 3.8) is 0 Å². The van der Waals surface area contributed by atoms with Gasteiger partial charge in [-0.1, -0.05) is 32.6 Å². The van der Waals surface area contributed by atoms with Crippen LogP contribution in [0, 0.1) is 5.41 Å². The molecule has 2 fully saturated rings. The first-order chi connectivity index (χ1) is 10.1. The van der Waals surface area contributed by atoms with Crippen LogP contribution in [0.2, 0.25) is 0 Å². The topological polar surface area (TPSA) is 69.6 Å². The fourth-order valence-corrected chi connectivity index (χ4v) is 3.72. The molecular formula is C16H28N2O3. The van der Waals surface area contributed by atoms with Gasteiger partial charge in [0.05, 0.1) is 0 Å². The van der Waals surface area contributed by atoms with Gasteiger partial charge in [-0.3, -0.25) is 0 Å². The summed E-state index contributed by atoms with van der Waals surface area (Å²) in [5.74, 6) is -0.930. The second kappa shape index (κ2) is 7.14. The third-order valence-electron chi connectivity index (χ3n) is 5.22. The highest BCUT2D eigenvalue weighted by atomic mass is 16.4. The maximum atomic E-state index is 12.2. The van der Waals surface area contributed by atoms with Gasteiger partial charge in [-0.25, -0.2) is 9.59 Å². The van der Waals surface area contributed by atoms with Crippen LogP contribution in [0.15, 0.2) is 0 Å². The summed E-state index contributed by atoms with van der Waals surface area (Å²) in [5, 5.41) is 11.9. The summed E-state index contributed by atoms with van der Waals surface area (Å²) in [7, 11) is 0. The van der Waals surface area contributed by atoms with Crippen LogP contribution in [0.3, 0.4) is 0 Å². The fraction of sp³-hybridized carbons (Fsp3) is 0.875. The standard InChI is InChI=1S/C16H28N2O3/c1-2-3-6-13(14(19)20)17-15(21)18-11-9-16(10-12-18)7-4-5-8-16/h13H,2-12H2,1H3,(H,17,21)(H,19,20)/t13-/m0/s1. The minimum atomic E-state index is -0.930. The molecule has 1 saturated carbocycles. The monoisotopic (exact) mass is 296 g/mol. The number of unbranched alkanes of at least 4 members (excludes halogenated alkanes) is 1. The first-order valence-electron chi connectivity index (χ1n) is 8.34. The maximum Gasteiger partial charge on any atom is 0.326 e. The van der Waals surface area contributed by atoms with E-state index < -0.39 is 12.0 Å². The molecule has 5 nitrogen and oxygen atoms in total. The van der Waals surface area contributed by atoms with Crippen molar-refractivity contribution in [1.29, 1.82) is 0 Å². The van der Waals surface area contributed by atoms with Crippen LogP contribution in [-0.2, 0) is 4.79 Å². The van der Waals surface area contributed by atoms with E-state index in [0.29, 0.717) is 11.8 Å². The Kier molecular flexibility index (Phi) is 5.48. The molecule has 1 aliphatic carbocycles. The summed E-state index contributed by atoms with van der Waals surface area (Å²) in [6.07, 6.45) is 9.67. The average Bonchev–Trinajstić information content (AvgIpc) is 2.92. The van der Waals surface area contributed by atoms with Crippen molar-refractivity contribution in [2.24, 2.45) is 5.41 Å². The molecule has 0 unspecified atom stereocenters. The van der Waals surface area contributed by atoms with E-state index >= 15 is 0 Å². The highest BCUT2D eigenvalue weighted by Gasteiger charge is 2.38. The third-order valence-corrected chi connectivity index (χ3v) is 5.22. The van der Waals surface area contributed by atoms with Crippen LogP contribution < -0.4 is 5.32 Å². The molecule has 0 aromatic heterocycles. The third kappa shape index (κ3) is 4.11. The highest BCUT2D eigenvalue weighted by Crippen LogP contribution is 2.46. The fourth-order valence-electron chi connectivity index (χ4n) is 3.72. The molecule has 21 heavy (non-hydrogen) atoms. The van der Waals surface area contributed by atoms with Gasteiger partial charge in [-0.05, 0) is 37.5 Å². The first kappa shape index (κ1) is 16.1.